The van der Waals surface area contributed by atoms with Crippen molar-refractivity contribution < 1.29 is 26.3 Å². The van der Waals surface area contributed by atoms with Crippen LogP contribution in [0.3, 0.4) is 0 Å². The van der Waals surface area contributed by atoms with Crippen LogP contribution < -0.4 is 0 Å². The molecule has 0 aromatic rings. The van der Waals surface area contributed by atoms with Gasteiger partial charge in [-0.05, 0) is 6.42 Å². The van der Waals surface area contributed by atoms with Crippen molar-refractivity contribution in [2.45, 2.75) is 37.5 Å². The van der Waals surface area contributed by atoms with E-state index in [1.54, 1.807) is 0 Å². The van der Waals surface area contributed by atoms with Gasteiger partial charge in [0.1, 0.15) is 6.17 Å². The fourth-order valence-electron chi connectivity index (χ4n) is 0.694. The van der Waals surface area contributed by atoms with Crippen molar-refractivity contribution >= 4 is 0 Å². The predicted octanol–water partition coefficient (Wildman–Crippen LogP) is 3.18. The summed E-state index contributed by atoms with van der Waals surface area (Å²) < 4.78 is 72.1. The van der Waals surface area contributed by atoms with Crippen LogP contribution in [0.5, 0.6) is 0 Å². The van der Waals surface area contributed by atoms with Gasteiger partial charge >= 0.3 is 0 Å². The van der Waals surface area contributed by atoms with Crippen LogP contribution in [0, 0.1) is 6.92 Å². The monoisotopic (exact) mass is 207 g/mol. The predicted molar refractivity (Wildman–Crippen MR) is 35.3 cm³/mol. The van der Waals surface area contributed by atoms with Gasteiger partial charge in [0, 0.05) is 6.42 Å². The van der Waals surface area contributed by atoms with E-state index in [1.165, 1.54) is 0 Å². The van der Waals surface area contributed by atoms with Gasteiger partial charge in [-0.3, -0.25) is 0 Å². The molecule has 0 bridgehead atoms. The second kappa shape index (κ2) is 4.72. The molecule has 0 rings (SSSR count). The fraction of sp³-hybridized carbons (Fsp3) is 0.857. The molecule has 0 nitrogen and oxygen atoms in total. The molecule has 6 heteroatoms. The third kappa shape index (κ3) is 3.87. The Morgan fingerprint density at radius 1 is 1.08 bits per heavy atom. The number of hydrogen-bond donors (Lipinski definition) is 0. The van der Waals surface area contributed by atoms with Crippen LogP contribution in [0.1, 0.15) is 12.8 Å². The van der Waals surface area contributed by atoms with Gasteiger partial charge in [0.25, 0.3) is 12.3 Å². The van der Waals surface area contributed by atoms with Gasteiger partial charge < -0.3 is 0 Å². The fourth-order valence-corrected chi connectivity index (χ4v) is 0.694. The summed E-state index contributed by atoms with van der Waals surface area (Å²) in [4.78, 5) is 0. The van der Waals surface area contributed by atoms with E-state index in [1.807, 2.05) is 0 Å². The van der Waals surface area contributed by atoms with Crippen molar-refractivity contribution in [1.82, 2.24) is 0 Å². The highest BCUT2D eigenvalue weighted by atomic mass is 19.3. The van der Waals surface area contributed by atoms with Crippen LogP contribution in [0.15, 0.2) is 0 Å². The molecule has 0 saturated carbocycles. The molecule has 0 N–H and O–H groups in total. The topological polar surface area (TPSA) is 0 Å². The standard InChI is InChI=1S/C7H9F6/c1-2-4(8)3-7(12,13)5(9)6(10)11/h4-6H,1-3H2/t4?,5-/m0/s1. The van der Waals surface area contributed by atoms with Gasteiger partial charge in [0.2, 0.25) is 6.17 Å². The molecule has 13 heavy (non-hydrogen) atoms. The summed E-state index contributed by atoms with van der Waals surface area (Å²) in [6, 6.07) is 0. The summed E-state index contributed by atoms with van der Waals surface area (Å²) in [7, 11) is 0. The Morgan fingerprint density at radius 2 is 1.54 bits per heavy atom. The lowest BCUT2D eigenvalue weighted by Crippen LogP contribution is -2.37. The van der Waals surface area contributed by atoms with Crippen molar-refractivity contribution in [3.63, 3.8) is 0 Å². The second-order valence-corrected chi connectivity index (χ2v) is 2.59. The summed E-state index contributed by atoms with van der Waals surface area (Å²) in [6.45, 7) is 2.96. The number of hydrogen-bond acceptors (Lipinski definition) is 0. The molecule has 0 aliphatic rings. The van der Waals surface area contributed by atoms with Gasteiger partial charge in [-0.25, -0.2) is 26.3 Å². The average Bonchev–Trinajstić information content (AvgIpc) is 2.01. The minimum Gasteiger partial charge on any atom is -0.247 e. The molecule has 0 saturated heterocycles. The summed E-state index contributed by atoms with van der Waals surface area (Å²) in [5.74, 6) is -4.33. The minimum absolute atomic E-state index is 0.494. The molecule has 0 aliphatic carbocycles. The maximum atomic E-state index is 12.4. The molecular formula is C7H9F6. The second-order valence-electron chi connectivity index (χ2n) is 2.59. The Labute approximate surface area is 71.9 Å². The zero-order valence-corrected chi connectivity index (χ0v) is 6.62. The van der Waals surface area contributed by atoms with E-state index in [2.05, 4.69) is 6.92 Å². The molecule has 0 aromatic carbocycles. The SMILES string of the molecule is [CH2]CC(F)CC(F)(F)[C@@H](F)C(F)F. The summed E-state index contributed by atoms with van der Waals surface area (Å²) >= 11 is 0. The summed E-state index contributed by atoms with van der Waals surface area (Å²) in [5.41, 5.74) is 0. The first-order valence-electron chi connectivity index (χ1n) is 3.54. The minimum atomic E-state index is -4.33. The molecule has 0 spiro atoms. The highest BCUT2D eigenvalue weighted by Crippen LogP contribution is 2.32. The zero-order chi connectivity index (χ0) is 10.6. The van der Waals surface area contributed by atoms with Crippen molar-refractivity contribution in [3.8, 4) is 0 Å². The van der Waals surface area contributed by atoms with Crippen molar-refractivity contribution in [3.05, 3.63) is 6.92 Å². The maximum absolute atomic E-state index is 12.4. The first kappa shape index (κ1) is 12.6. The van der Waals surface area contributed by atoms with Crippen molar-refractivity contribution in [1.29, 1.82) is 0 Å². The number of alkyl halides is 6. The van der Waals surface area contributed by atoms with Crippen LogP contribution in [0.4, 0.5) is 26.3 Å². The lowest BCUT2D eigenvalue weighted by atomic mass is 10.1. The van der Waals surface area contributed by atoms with Crippen LogP contribution in [0.25, 0.3) is 0 Å². The molecule has 0 aliphatic heterocycles. The molecule has 0 amide bonds. The summed E-state index contributed by atoms with van der Waals surface area (Å²) in [6.07, 6.45) is -11.5. The van der Waals surface area contributed by atoms with E-state index in [4.69, 9.17) is 0 Å². The van der Waals surface area contributed by atoms with Gasteiger partial charge in [0.15, 0.2) is 0 Å². The van der Waals surface area contributed by atoms with Crippen LogP contribution in [-0.4, -0.2) is 24.7 Å². The van der Waals surface area contributed by atoms with E-state index >= 15 is 0 Å². The van der Waals surface area contributed by atoms with Gasteiger partial charge in [-0.15, -0.1) is 0 Å². The van der Waals surface area contributed by atoms with E-state index in [0.717, 1.165) is 0 Å². The van der Waals surface area contributed by atoms with Crippen molar-refractivity contribution in [2.75, 3.05) is 0 Å². The molecule has 2 atom stereocenters. The van der Waals surface area contributed by atoms with Gasteiger partial charge in [0.05, 0.1) is 0 Å². The van der Waals surface area contributed by atoms with E-state index in [0.29, 0.717) is 0 Å². The Morgan fingerprint density at radius 3 is 1.85 bits per heavy atom. The highest BCUT2D eigenvalue weighted by molar-refractivity contribution is 4.82. The number of rotatable bonds is 5. The Kier molecular flexibility index (Phi) is 4.56. The van der Waals surface area contributed by atoms with Crippen LogP contribution >= 0.6 is 0 Å². The largest absolute Gasteiger partial charge is 0.287 e. The van der Waals surface area contributed by atoms with E-state index < -0.39 is 37.5 Å². The first-order valence-corrected chi connectivity index (χ1v) is 3.54. The van der Waals surface area contributed by atoms with Crippen molar-refractivity contribution in [2.24, 2.45) is 0 Å². The molecule has 0 fully saturated rings. The Balaban J connectivity index is 4.21. The van der Waals surface area contributed by atoms with Gasteiger partial charge in [-0.2, -0.15) is 0 Å². The lowest BCUT2D eigenvalue weighted by Gasteiger charge is -2.21. The molecule has 0 heterocycles. The smallest absolute Gasteiger partial charge is 0.247 e. The van der Waals surface area contributed by atoms with E-state index in [-0.39, 0.29) is 0 Å². The van der Waals surface area contributed by atoms with E-state index in [9.17, 15) is 26.3 Å². The molecular weight excluding hydrogens is 198 g/mol. The normalized spacial score (nSPS) is 17.5. The third-order valence-electron chi connectivity index (χ3n) is 1.43. The Bertz CT molecular complexity index is 146. The molecule has 1 unspecified atom stereocenters. The molecule has 1 radical (unpaired) electrons. The highest BCUT2D eigenvalue weighted by Gasteiger charge is 2.47. The molecule has 79 valence electrons. The molecule has 0 aromatic heterocycles. The summed E-state index contributed by atoms with van der Waals surface area (Å²) in [5, 5.41) is 0. The average molecular weight is 207 g/mol. The zero-order valence-electron chi connectivity index (χ0n) is 6.62. The first-order chi connectivity index (χ1) is 5.81. The quantitative estimate of drug-likeness (QED) is 0.607. The van der Waals surface area contributed by atoms with Crippen LogP contribution in [-0.2, 0) is 0 Å². The number of halogens is 6. The lowest BCUT2D eigenvalue weighted by molar-refractivity contribution is -0.139. The van der Waals surface area contributed by atoms with Gasteiger partial charge in [-0.1, -0.05) is 6.92 Å². The van der Waals surface area contributed by atoms with Crippen LogP contribution in [0.2, 0.25) is 0 Å². The third-order valence-corrected chi connectivity index (χ3v) is 1.43. The Hall–Kier alpha value is -0.420. The maximum Gasteiger partial charge on any atom is 0.287 e.